The predicted octanol–water partition coefficient (Wildman–Crippen LogP) is 3.96. The summed E-state index contributed by atoms with van der Waals surface area (Å²) in [5, 5.41) is 6.18. The number of aryl methyl sites for hydroxylation is 1. The maximum atomic E-state index is 13.5. The van der Waals surface area contributed by atoms with E-state index in [0.29, 0.717) is 17.5 Å². The maximum Gasteiger partial charge on any atom is 0.171 e. The van der Waals surface area contributed by atoms with Crippen molar-refractivity contribution in [2.45, 2.75) is 13.3 Å². The van der Waals surface area contributed by atoms with Gasteiger partial charge in [-0.2, -0.15) is 0 Å². The fourth-order valence-electron chi connectivity index (χ4n) is 1.84. The summed E-state index contributed by atoms with van der Waals surface area (Å²) in [6.45, 7) is 2.26. The standard InChI is InChI=1S/C15H14BrF2N3S/c1-9-7-14(20-8-11(9)16)21-15(22)19-6-5-10-12(17)3-2-4-13(10)18/h2-4,7-8H,5-6H2,1H3,(H2,19,20,21,22). The van der Waals surface area contributed by atoms with Crippen molar-refractivity contribution < 1.29 is 8.78 Å². The largest absolute Gasteiger partial charge is 0.362 e. The van der Waals surface area contributed by atoms with Crippen LogP contribution < -0.4 is 10.6 Å². The number of rotatable bonds is 4. The number of hydrogen-bond acceptors (Lipinski definition) is 2. The van der Waals surface area contributed by atoms with Crippen LogP contribution >= 0.6 is 28.1 Å². The lowest BCUT2D eigenvalue weighted by molar-refractivity contribution is 0.553. The summed E-state index contributed by atoms with van der Waals surface area (Å²) in [6.07, 6.45) is 1.88. The van der Waals surface area contributed by atoms with Crippen LogP contribution in [0, 0.1) is 18.6 Å². The van der Waals surface area contributed by atoms with E-state index in [1.54, 1.807) is 6.20 Å². The Morgan fingerprint density at radius 1 is 1.32 bits per heavy atom. The van der Waals surface area contributed by atoms with Crippen LogP contribution in [0.3, 0.4) is 0 Å². The molecule has 0 aliphatic heterocycles. The average Bonchev–Trinajstić information content (AvgIpc) is 2.46. The monoisotopic (exact) mass is 385 g/mol. The van der Waals surface area contributed by atoms with E-state index >= 15 is 0 Å². The molecule has 0 amide bonds. The fraction of sp³-hybridized carbons (Fsp3) is 0.200. The van der Waals surface area contributed by atoms with E-state index in [-0.39, 0.29) is 12.0 Å². The molecule has 0 saturated carbocycles. The smallest absolute Gasteiger partial charge is 0.171 e. The topological polar surface area (TPSA) is 37.0 Å². The molecule has 22 heavy (non-hydrogen) atoms. The third-order valence-electron chi connectivity index (χ3n) is 3.01. The van der Waals surface area contributed by atoms with Crippen LogP contribution in [-0.4, -0.2) is 16.6 Å². The Kier molecular flexibility index (Phi) is 5.79. The molecule has 2 N–H and O–H groups in total. The van der Waals surface area contributed by atoms with Crippen LogP contribution in [0.1, 0.15) is 11.1 Å². The zero-order valence-electron chi connectivity index (χ0n) is 11.8. The number of nitrogens with one attached hydrogen (secondary N) is 2. The summed E-state index contributed by atoms with van der Waals surface area (Å²) in [5.74, 6) is -0.493. The molecular formula is C15H14BrF2N3S. The summed E-state index contributed by atoms with van der Waals surface area (Å²) < 4.78 is 27.9. The van der Waals surface area contributed by atoms with E-state index in [2.05, 4.69) is 31.5 Å². The number of benzene rings is 1. The molecule has 0 fully saturated rings. The third-order valence-corrected chi connectivity index (χ3v) is 4.09. The Morgan fingerprint density at radius 3 is 2.64 bits per heavy atom. The van der Waals surface area contributed by atoms with E-state index in [0.717, 1.165) is 10.0 Å². The molecular weight excluding hydrogens is 372 g/mol. The van der Waals surface area contributed by atoms with Gasteiger partial charge in [0.1, 0.15) is 17.5 Å². The number of aromatic nitrogens is 1. The quantitative estimate of drug-likeness (QED) is 0.781. The average molecular weight is 386 g/mol. The van der Waals surface area contributed by atoms with E-state index in [4.69, 9.17) is 12.2 Å². The highest BCUT2D eigenvalue weighted by Gasteiger charge is 2.08. The van der Waals surface area contributed by atoms with Gasteiger partial charge in [0.25, 0.3) is 0 Å². The number of pyridine rings is 1. The first kappa shape index (κ1) is 16.8. The molecule has 0 spiro atoms. The van der Waals surface area contributed by atoms with Crippen molar-refractivity contribution >= 4 is 39.1 Å². The van der Waals surface area contributed by atoms with Gasteiger partial charge >= 0.3 is 0 Å². The SMILES string of the molecule is Cc1cc(NC(=S)NCCc2c(F)cccc2F)ncc1Br. The number of anilines is 1. The lowest BCUT2D eigenvalue weighted by atomic mass is 10.1. The first-order valence-electron chi connectivity index (χ1n) is 6.57. The van der Waals surface area contributed by atoms with Crippen molar-refractivity contribution in [1.82, 2.24) is 10.3 Å². The van der Waals surface area contributed by atoms with Gasteiger partial charge in [0.15, 0.2) is 5.11 Å². The van der Waals surface area contributed by atoms with Crippen molar-refractivity contribution in [2.75, 3.05) is 11.9 Å². The fourth-order valence-corrected chi connectivity index (χ4v) is 2.26. The van der Waals surface area contributed by atoms with Crippen LogP contribution in [0.15, 0.2) is 34.9 Å². The van der Waals surface area contributed by atoms with Crippen LogP contribution in [0.25, 0.3) is 0 Å². The Hall–Kier alpha value is -1.60. The first-order valence-corrected chi connectivity index (χ1v) is 7.77. The van der Waals surface area contributed by atoms with Gasteiger partial charge < -0.3 is 10.6 Å². The Labute approximate surface area is 141 Å². The number of halogens is 3. The summed E-state index contributed by atoms with van der Waals surface area (Å²) in [4.78, 5) is 4.17. The molecule has 1 heterocycles. The normalized spacial score (nSPS) is 10.4. The van der Waals surface area contributed by atoms with Crippen LogP contribution in [0.2, 0.25) is 0 Å². The Morgan fingerprint density at radius 2 is 2.00 bits per heavy atom. The summed E-state index contributed by atoms with van der Waals surface area (Å²) in [5.41, 5.74) is 1.07. The van der Waals surface area contributed by atoms with E-state index in [9.17, 15) is 8.78 Å². The van der Waals surface area contributed by atoms with Crippen molar-refractivity contribution in [3.05, 3.63) is 57.7 Å². The minimum Gasteiger partial charge on any atom is -0.362 e. The zero-order valence-corrected chi connectivity index (χ0v) is 14.2. The van der Waals surface area contributed by atoms with Crippen molar-refractivity contribution in [1.29, 1.82) is 0 Å². The van der Waals surface area contributed by atoms with Crippen molar-refractivity contribution in [3.63, 3.8) is 0 Å². The van der Waals surface area contributed by atoms with E-state index in [1.165, 1.54) is 18.2 Å². The highest BCUT2D eigenvalue weighted by molar-refractivity contribution is 9.10. The third kappa shape index (κ3) is 4.45. The molecule has 0 aliphatic carbocycles. The summed E-state index contributed by atoms with van der Waals surface area (Å²) in [6, 6.07) is 5.66. The van der Waals surface area contributed by atoms with Crippen molar-refractivity contribution in [2.24, 2.45) is 0 Å². The van der Waals surface area contributed by atoms with E-state index < -0.39 is 11.6 Å². The van der Waals surface area contributed by atoms with Gasteiger partial charge in [0.2, 0.25) is 0 Å². The highest BCUT2D eigenvalue weighted by atomic mass is 79.9. The summed E-state index contributed by atoms with van der Waals surface area (Å²) >= 11 is 8.50. The van der Waals surface area contributed by atoms with Gasteiger partial charge in [0.05, 0.1) is 0 Å². The second-order valence-electron chi connectivity index (χ2n) is 4.65. The van der Waals surface area contributed by atoms with Crippen molar-refractivity contribution in [3.8, 4) is 0 Å². The lowest BCUT2D eigenvalue weighted by Crippen LogP contribution is -2.30. The molecule has 116 valence electrons. The van der Waals surface area contributed by atoms with E-state index in [1.807, 2.05) is 13.0 Å². The van der Waals surface area contributed by atoms with Crippen LogP contribution in [0.4, 0.5) is 14.6 Å². The molecule has 2 aromatic rings. The Balaban J connectivity index is 1.86. The highest BCUT2D eigenvalue weighted by Crippen LogP contribution is 2.17. The van der Waals surface area contributed by atoms with Gasteiger partial charge in [-0.15, -0.1) is 0 Å². The zero-order chi connectivity index (χ0) is 16.1. The molecule has 0 unspecified atom stereocenters. The van der Waals surface area contributed by atoms with Gasteiger partial charge in [-0.1, -0.05) is 6.07 Å². The molecule has 2 rings (SSSR count). The molecule has 7 heteroatoms. The number of hydrogen-bond donors (Lipinski definition) is 2. The number of thiocarbonyl (C=S) groups is 1. The molecule has 0 saturated heterocycles. The molecule has 0 bridgehead atoms. The van der Waals surface area contributed by atoms with Gasteiger partial charge in [-0.3, -0.25) is 0 Å². The van der Waals surface area contributed by atoms with Gasteiger partial charge in [-0.05, 0) is 65.3 Å². The maximum absolute atomic E-state index is 13.5. The summed E-state index contributed by atoms with van der Waals surface area (Å²) in [7, 11) is 0. The first-order chi connectivity index (χ1) is 10.5. The van der Waals surface area contributed by atoms with Gasteiger partial charge in [0, 0.05) is 22.8 Å². The van der Waals surface area contributed by atoms with Gasteiger partial charge in [-0.25, -0.2) is 13.8 Å². The van der Waals surface area contributed by atoms with Crippen LogP contribution in [0.5, 0.6) is 0 Å². The number of nitrogens with zero attached hydrogens (tertiary/aromatic N) is 1. The molecule has 1 aromatic carbocycles. The molecule has 3 nitrogen and oxygen atoms in total. The molecule has 0 atom stereocenters. The second-order valence-corrected chi connectivity index (χ2v) is 5.91. The lowest BCUT2D eigenvalue weighted by Gasteiger charge is -2.11. The molecule has 0 radical (unpaired) electrons. The minimum absolute atomic E-state index is 0.0513. The second kappa shape index (κ2) is 7.60. The van der Waals surface area contributed by atoms with Crippen LogP contribution in [-0.2, 0) is 6.42 Å². The minimum atomic E-state index is -0.550. The molecule has 1 aromatic heterocycles. The Bertz CT molecular complexity index is 674. The molecule has 0 aliphatic rings. The predicted molar refractivity (Wildman–Crippen MR) is 91.0 cm³/mol.